The lowest BCUT2D eigenvalue weighted by Crippen LogP contribution is -2.32. The monoisotopic (exact) mass is 140 g/mol. The van der Waals surface area contributed by atoms with E-state index < -0.39 is 0 Å². The van der Waals surface area contributed by atoms with E-state index >= 15 is 0 Å². The molecule has 3 aliphatic heterocycles. The summed E-state index contributed by atoms with van der Waals surface area (Å²) in [5.74, 6) is 0. The van der Waals surface area contributed by atoms with Crippen molar-refractivity contribution in [2.75, 3.05) is 13.2 Å². The number of epoxide rings is 1. The molecule has 0 aromatic heterocycles. The van der Waals surface area contributed by atoms with Gasteiger partial charge in [0.05, 0.1) is 13.2 Å². The van der Waals surface area contributed by atoms with Crippen LogP contribution in [0.25, 0.3) is 0 Å². The first kappa shape index (κ1) is 5.29. The van der Waals surface area contributed by atoms with Crippen LogP contribution in [0.15, 0.2) is 12.2 Å². The fourth-order valence-electron chi connectivity index (χ4n) is 1.44. The van der Waals surface area contributed by atoms with Gasteiger partial charge in [-0.3, -0.25) is 0 Å². The van der Waals surface area contributed by atoms with Crippen molar-refractivity contribution in [3.8, 4) is 0 Å². The second-order valence-electron chi connectivity index (χ2n) is 2.94. The second kappa shape index (κ2) is 1.44. The van der Waals surface area contributed by atoms with E-state index in [0.29, 0.717) is 6.61 Å². The van der Waals surface area contributed by atoms with Crippen molar-refractivity contribution < 1.29 is 14.2 Å². The number of rotatable bonds is 0. The predicted octanol–water partition coefficient (Wildman–Crippen LogP) is 0.0667. The van der Waals surface area contributed by atoms with Gasteiger partial charge in [-0.1, -0.05) is 6.08 Å². The number of hydrogen-bond acceptors (Lipinski definition) is 3. The summed E-state index contributed by atoms with van der Waals surface area (Å²) in [7, 11) is 0. The van der Waals surface area contributed by atoms with Gasteiger partial charge in [0.2, 0.25) is 0 Å². The molecule has 3 aliphatic rings. The minimum Gasteiger partial charge on any atom is -0.360 e. The summed E-state index contributed by atoms with van der Waals surface area (Å²) in [6, 6.07) is 0. The van der Waals surface area contributed by atoms with Gasteiger partial charge < -0.3 is 14.2 Å². The van der Waals surface area contributed by atoms with Crippen molar-refractivity contribution in [2.45, 2.75) is 18.0 Å². The normalized spacial score (nSPS) is 56.0. The highest BCUT2D eigenvalue weighted by Gasteiger charge is 2.56. The Morgan fingerprint density at radius 1 is 1.50 bits per heavy atom. The number of hydrogen-bond donors (Lipinski definition) is 0. The van der Waals surface area contributed by atoms with Gasteiger partial charge in [-0.15, -0.1) is 0 Å². The molecule has 0 radical (unpaired) electrons. The highest BCUT2D eigenvalue weighted by Crippen LogP contribution is 2.41. The first-order valence-corrected chi connectivity index (χ1v) is 3.49. The van der Waals surface area contributed by atoms with Gasteiger partial charge in [-0.25, -0.2) is 0 Å². The van der Waals surface area contributed by atoms with Crippen molar-refractivity contribution >= 4 is 0 Å². The summed E-state index contributed by atoms with van der Waals surface area (Å²) < 4.78 is 16.0. The maximum Gasteiger partial charge on any atom is 0.193 e. The lowest BCUT2D eigenvalue weighted by molar-refractivity contribution is -0.0940. The summed E-state index contributed by atoms with van der Waals surface area (Å²) in [5.41, 5.74) is -0.187. The van der Waals surface area contributed by atoms with Gasteiger partial charge >= 0.3 is 0 Å². The molecule has 0 unspecified atom stereocenters. The first-order chi connectivity index (χ1) is 4.89. The molecular weight excluding hydrogens is 132 g/mol. The Kier molecular flexibility index (Phi) is 0.764. The Bertz CT molecular complexity index is 195. The maximum absolute atomic E-state index is 5.44. The lowest BCUT2D eigenvalue weighted by atomic mass is 10.1. The molecule has 0 amide bonds. The Balaban J connectivity index is 2.00. The van der Waals surface area contributed by atoms with Gasteiger partial charge in [-0.05, 0) is 6.08 Å². The number of ether oxygens (including phenoxy) is 3. The Labute approximate surface area is 58.6 Å². The second-order valence-corrected chi connectivity index (χ2v) is 2.94. The molecule has 2 saturated heterocycles. The summed E-state index contributed by atoms with van der Waals surface area (Å²) in [5, 5.41) is 0. The lowest BCUT2D eigenvalue weighted by Gasteiger charge is -2.18. The molecule has 3 nitrogen and oxygen atoms in total. The molecule has 0 aromatic rings. The van der Waals surface area contributed by atoms with Crippen molar-refractivity contribution in [3.05, 3.63) is 12.2 Å². The van der Waals surface area contributed by atoms with Gasteiger partial charge in [0.15, 0.2) is 11.9 Å². The fraction of sp³-hybridized carbons (Fsp3) is 0.714. The molecule has 3 heterocycles. The molecule has 2 bridgehead atoms. The fourth-order valence-corrected chi connectivity index (χ4v) is 1.44. The Morgan fingerprint density at radius 2 is 2.40 bits per heavy atom. The average Bonchev–Trinajstić information content (AvgIpc) is 2.63. The standard InChI is InChI=1S/C7H8O3/c1-2-7(4-9-7)6-8-3-5(1)10-6/h1-2,5-6H,3-4H2/t5-,6+,7+/m0/s1. The van der Waals surface area contributed by atoms with E-state index in [2.05, 4.69) is 6.08 Å². The molecule has 3 heteroatoms. The summed E-state index contributed by atoms with van der Waals surface area (Å²) in [4.78, 5) is 0. The third-order valence-electron chi connectivity index (χ3n) is 2.18. The summed E-state index contributed by atoms with van der Waals surface area (Å²) in [6.07, 6.45) is 4.15. The zero-order chi connectivity index (χ0) is 6.60. The van der Waals surface area contributed by atoms with E-state index in [1.165, 1.54) is 0 Å². The third-order valence-corrected chi connectivity index (χ3v) is 2.18. The molecule has 0 saturated carbocycles. The Hall–Kier alpha value is -0.380. The average molecular weight is 140 g/mol. The SMILES string of the molecule is C1=C[C@@]2(CO2)[C@@H]2OC[C@H]1O2. The molecule has 0 N–H and O–H groups in total. The number of fused-ring (bicyclic) bond motifs is 3. The molecule has 2 fully saturated rings. The summed E-state index contributed by atoms with van der Waals surface area (Å²) in [6.45, 7) is 1.44. The van der Waals surface area contributed by atoms with E-state index in [-0.39, 0.29) is 18.0 Å². The molecule has 0 aromatic carbocycles. The van der Waals surface area contributed by atoms with Crippen LogP contribution in [0, 0.1) is 0 Å². The quantitative estimate of drug-likeness (QED) is 0.352. The van der Waals surface area contributed by atoms with E-state index in [1.54, 1.807) is 0 Å². The molecular formula is C7H8O3. The van der Waals surface area contributed by atoms with E-state index in [4.69, 9.17) is 14.2 Å². The van der Waals surface area contributed by atoms with Gasteiger partial charge in [0.25, 0.3) is 0 Å². The van der Waals surface area contributed by atoms with Crippen LogP contribution in [0.1, 0.15) is 0 Å². The highest BCUT2D eigenvalue weighted by molar-refractivity contribution is 5.19. The Morgan fingerprint density at radius 3 is 3.20 bits per heavy atom. The van der Waals surface area contributed by atoms with Crippen LogP contribution in [0.5, 0.6) is 0 Å². The van der Waals surface area contributed by atoms with Crippen LogP contribution in [0.2, 0.25) is 0 Å². The smallest absolute Gasteiger partial charge is 0.193 e. The first-order valence-electron chi connectivity index (χ1n) is 3.49. The molecule has 1 spiro atoms. The van der Waals surface area contributed by atoms with Crippen LogP contribution in [-0.2, 0) is 14.2 Å². The third kappa shape index (κ3) is 0.509. The highest BCUT2D eigenvalue weighted by atomic mass is 16.8. The van der Waals surface area contributed by atoms with Crippen LogP contribution in [-0.4, -0.2) is 31.2 Å². The van der Waals surface area contributed by atoms with E-state index in [1.807, 2.05) is 6.08 Å². The maximum atomic E-state index is 5.44. The van der Waals surface area contributed by atoms with Crippen LogP contribution >= 0.6 is 0 Å². The topological polar surface area (TPSA) is 31.0 Å². The van der Waals surface area contributed by atoms with Crippen molar-refractivity contribution in [1.29, 1.82) is 0 Å². The molecule has 10 heavy (non-hydrogen) atoms. The van der Waals surface area contributed by atoms with Gasteiger partial charge in [0, 0.05) is 0 Å². The van der Waals surface area contributed by atoms with Crippen LogP contribution < -0.4 is 0 Å². The van der Waals surface area contributed by atoms with Gasteiger partial charge in [0.1, 0.15) is 6.10 Å². The minimum atomic E-state index is -0.187. The predicted molar refractivity (Wildman–Crippen MR) is 32.4 cm³/mol. The molecule has 3 rings (SSSR count). The van der Waals surface area contributed by atoms with Crippen LogP contribution in [0.3, 0.4) is 0 Å². The molecule has 3 atom stereocenters. The van der Waals surface area contributed by atoms with E-state index in [9.17, 15) is 0 Å². The largest absolute Gasteiger partial charge is 0.360 e. The van der Waals surface area contributed by atoms with Crippen molar-refractivity contribution in [2.24, 2.45) is 0 Å². The van der Waals surface area contributed by atoms with E-state index in [0.717, 1.165) is 6.61 Å². The molecule has 0 aliphatic carbocycles. The molecule has 54 valence electrons. The zero-order valence-corrected chi connectivity index (χ0v) is 5.45. The zero-order valence-electron chi connectivity index (χ0n) is 5.45. The van der Waals surface area contributed by atoms with Crippen molar-refractivity contribution in [3.63, 3.8) is 0 Å². The van der Waals surface area contributed by atoms with Crippen LogP contribution in [0.4, 0.5) is 0 Å². The van der Waals surface area contributed by atoms with Crippen molar-refractivity contribution in [1.82, 2.24) is 0 Å². The van der Waals surface area contributed by atoms with Gasteiger partial charge in [-0.2, -0.15) is 0 Å². The minimum absolute atomic E-state index is 0.123. The summed E-state index contributed by atoms with van der Waals surface area (Å²) >= 11 is 0.